The summed E-state index contributed by atoms with van der Waals surface area (Å²) in [7, 11) is 0. The second kappa shape index (κ2) is 5.55. The Labute approximate surface area is 100 Å². The molecule has 3 nitrogen and oxygen atoms in total. The van der Waals surface area contributed by atoms with Gasteiger partial charge in [0.15, 0.2) is 5.96 Å². The van der Waals surface area contributed by atoms with Gasteiger partial charge in [-0.3, -0.25) is 4.99 Å². The first-order chi connectivity index (χ1) is 7.61. The second-order valence-corrected chi connectivity index (χ2v) is 5.03. The maximum absolute atomic E-state index is 6.07. The molecule has 1 atom stereocenters. The fourth-order valence-electron chi connectivity index (χ4n) is 2.95. The Morgan fingerprint density at radius 3 is 2.31 bits per heavy atom. The number of nitrogens with zero attached hydrogens (tertiary/aromatic N) is 2. The van der Waals surface area contributed by atoms with E-state index in [1.54, 1.807) is 0 Å². The molecule has 1 heterocycles. The molecule has 0 saturated heterocycles. The van der Waals surface area contributed by atoms with E-state index in [4.69, 9.17) is 5.73 Å². The molecule has 0 fully saturated rings. The van der Waals surface area contributed by atoms with E-state index in [1.165, 1.54) is 25.7 Å². The van der Waals surface area contributed by atoms with Gasteiger partial charge in [-0.25, -0.2) is 0 Å². The van der Waals surface area contributed by atoms with E-state index in [9.17, 15) is 0 Å². The molecule has 1 rings (SSSR count). The normalized spacial score (nSPS) is 21.0. The summed E-state index contributed by atoms with van der Waals surface area (Å²) in [4.78, 5) is 6.89. The largest absolute Gasteiger partial charge is 0.370 e. The van der Waals surface area contributed by atoms with E-state index < -0.39 is 0 Å². The first-order valence-corrected chi connectivity index (χ1v) is 6.70. The minimum atomic E-state index is 0.211. The third-order valence-electron chi connectivity index (χ3n) is 3.76. The smallest absolute Gasteiger partial charge is 0.192 e. The molecule has 1 aliphatic heterocycles. The molecular formula is C13H27N3. The minimum Gasteiger partial charge on any atom is -0.370 e. The Hall–Kier alpha value is -0.730. The van der Waals surface area contributed by atoms with Crippen molar-refractivity contribution in [2.24, 2.45) is 10.7 Å². The van der Waals surface area contributed by atoms with Gasteiger partial charge in [-0.15, -0.1) is 0 Å². The van der Waals surface area contributed by atoms with Crippen LogP contribution in [0, 0.1) is 0 Å². The van der Waals surface area contributed by atoms with Crippen LogP contribution >= 0.6 is 0 Å². The monoisotopic (exact) mass is 225 g/mol. The summed E-state index contributed by atoms with van der Waals surface area (Å²) >= 11 is 0. The van der Waals surface area contributed by atoms with Gasteiger partial charge >= 0.3 is 0 Å². The Morgan fingerprint density at radius 1 is 1.31 bits per heavy atom. The van der Waals surface area contributed by atoms with Crippen LogP contribution in [0.15, 0.2) is 4.99 Å². The van der Waals surface area contributed by atoms with Crippen molar-refractivity contribution in [2.75, 3.05) is 6.54 Å². The van der Waals surface area contributed by atoms with Crippen LogP contribution in [0.3, 0.4) is 0 Å². The molecule has 1 unspecified atom stereocenters. The van der Waals surface area contributed by atoms with Crippen LogP contribution in [0.5, 0.6) is 0 Å². The van der Waals surface area contributed by atoms with Gasteiger partial charge in [-0.2, -0.15) is 0 Å². The molecule has 0 aromatic rings. The summed E-state index contributed by atoms with van der Waals surface area (Å²) in [6.45, 7) is 9.87. The predicted molar refractivity (Wildman–Crippen MR) is 70.6 cm³/mol. The van der Waals surface area contributed by atoms with E-state index in [0.717, 1.165) is 18.9 Å². The number of hydrogen-bond donors (Lipinski definition) is 1. The Morgan fingerprint density at radius 2 is 1.88 bits per heavy atom. The van der Waals surface area contributed by atoms with Gasteiger partial charge in [-0.05, 0) is 26.2 Å². The van der Waals surface area contributed by atoms with Crippen LogP contribution in [0.25, 0.3) is 0 Å². The maximum Gasteiger partial charge on any atom is 0.192 e. The topological polar surface area (TPSA) is 41.6 Å². The standard InChI is InChI=1S/C13H27N3/c1-5-8-13(9-6-2)10-15-12(14)16(13)11(4)7-3/h11H,5-10H2,1-4H3,(H2,14,15). The first kappa shape index (κ1) is 13.3. The van der Waals surface area contributed by atoms with Gasteiger partial charge < -0.3 is 10.6 Å². The molecule has 0 spiro atoms. The van der Waals surface area contributed by atoms with Gasteiger partial charge in [0.25, 0.3) is 0 Å². The van der Waals surface area contributed by atoms with Crippen LogP contribution in [0.1, 0.15) is 59.8 Å². The lowest BCUT2D eigenvalue weighted by molar-refractivity contribution is 0.129. The average molecular weight is 225 g/mol. The second-order valence-electron chi connectivity index (χ2n) is 5.03. The van der Waals surface area contributed by atoms with Crippen LogP contribution in [-0.2, 0) is 0 Å². The fourth-order valence-corrected chi connectivity index (χ4v) is 2.95. The van der Waals surface area contributed by atoms with Crippen LogP contribution in [0.2, 0.25) is 0 Å². The summed E-state index contributed by atoms with van der Waals surface area (Å²) < 4.78 is 0. The highest BCUT2D eigenvalue weighted by Gasteiger charge is 2.42. The molecule has 0 aromatic heterocycles. The van der Waals surface area contributed by atoms with Crippen molar-refractivity contribution in [3.05, 3.63) is 0 Å². The number of guanidine groups is 1. The summed E-state index contributed by atoms with van der Waals surface area (Å²) in [5.74, 6) is 0.760. The van der Waals surface area contributed by atoms with E-state index in [1.807, 2.05) is 0 Å². The zero-order valence-electron chi connectivity index (χ0n) is 11.3. The molecule has 1 aliphatic rings. The SMILES string of the molecule is CCCC1(CCC)CN=C(N)N1C(C)CC. The lowest BCUT2D eigenvalue weighted by Crippen LogP contribution is -2.55. The molecular weight excluding hydrogens is 198 g/mol. The molecule has 0 saturated carbocycles. The number of rotatable bonds is 6. The van der Waals surface area contributed by atoms with Crippen molar-refractivity contribution >= 4 is 5.96 Å². The van der Waals surface area contributed by atoms with Gasteiger partial charge in [0.2, 0.25) is 0 Å². The summed E-state index contributed by atoms with van der Waals surface area (Å²) in [6, 6.07) is 0.504. The van der Waals surface area contributed by atoms with Crippen molar-refractivity contribution in [1.29, 1.82) is 0 Å². The zero-order valence-corrected chi connectivity index (χ0v) is 11.3. The van der Waals surface area contributed by atoms with Gasteiger partial charge in [0, 0.05) is 6.04 Å². The first-order valence-electron chi connectivity index (χ1n) is 6.70. The lowest BCUT2D eigenvalue weighted by atomic mass is 9.86. The van der Waals surface area contributed by atoms with Gasteiger partial charge in [-0.1, -0.05) is 33.6 Å². The third kappa shape index (κ3) is 2.33. The van der Waals surface area contributed by atoms with Crippen molar-refractivity contribution in [3.8, 4) is 0 Å². The Kier molecular flexibility index (Phi) is 4.63. The van der Waals surface area contributed by atoms with E-state index in [-0.39, 0.29) is 5.54 Å². The van der Waals surface area contributed by atoms with E-state index >= 15 is 0 Å². The summed E-state index contributed by atoms with van der Waals surface area (Å²) in [5, 5.41) is 0. The molecule has 2 N–H and O–H groups in total. The summed E-state index contributed by atoms with van der Waals surface area (Å²) in [6.07, 6.45) is 5.95. The van der Waals surface area contributed by atoms with Crippen molar-refractivity contribution in [3.63, 3.8) is 0 Å². The van der Waals surface area contributed by atoms with Gasteiger partial charge in [0.1, 0.15) is 0 Å². The fraction of sp³-hybridized carbons (Fsp3) is 0.923. The molecule has 16 heavy (non-hydrogen) atoms. The maximum atomic E-state index is 6.07. The van der Waals surface area contributed by atoms with Gasteiger partial charge in [0.05, 0.1) is 12.1 Å². The number of aliphatic imine (C=N–C) groups is 1. The molecule has 0 radical (unpaired) electrons. The number of nitrogens with two attached hydrogens (primary N) is 1. The third-order valence-corrected chi connectivity index (χ3v) is 3.76. The zero-order chi connectivity index (χ0) is 12.2. The van der Waals surface area contributed by atoms with Crippen molar-refractivity contribution < 1.29 is 0 Å². The highest BCUT2D eigenvalue weighted by molar-refractivity contribution is 5.81. The highest BCUT2D eigenvalue weighted by atomic mass is 15.4. The van der Waals surface area contributed by atoms with Crippen LogP contribution < -0.4 is 5.73 Å². The number of hydrogen-bond acceptors (Lipinski definition) is 3. The van der Waals surface area contributed by atoms with E-state index in [2.05, 4.69) is 37.6 Å². The predicted octanol–water partition coefficient (Wildman–Crippen LogP) is 2.75. The Bertz CT molecular complexity index is 242. The van der Waals surface area contributed by atoms with E-state index in [0.29, 0.717) is 6.04 Å². The lowest BCUT2D eigenvalue weighted by Gasteiger charge is -2.43. The molecule has 0 bridgehead atoms. The molecule has 0 aliphatic carbocycles. The molecule has 0 amide bonds. The van der Waals surface area contributed by atoms with Crippen molar-refractivity contribution in [1.82, 2.24) is 4.90 Å². The van der Waals surface area contributed by atoms with Crippen molar-refractivity contribution in [2.45, 2.75) is 71.4 Å². The quantitative estimate of drug-likeness (QED) is 0.755. The minimum absolute atomic E-state index is 0.211. The highest BCUT2D eigenvalue weighted by Crippen LogP contribution is 2.34. The molecule has 0 aromatic carbocycles. The summed E-state index contributed by atoms with van der Waals surface area (Å²) in [5.41, 5.74) is 6.28. The molecule has 3 heteroatoms. The average Bonchev–Trinajstić information content (AvgIpc) is 2.56. The van der Waals surface area contributed by atoms with Crippen LogP contribution in [-0.4, -0.2) is 29.0 Å². The molecule has 94 valence electrons. The Balaban J connectivity index is 2.90. The van der Waals surface area contributed by atoms with Crippen LogP contribution in [0.4, 0.5) is 0 Å².